The van der Waals surface area contributed by atoms with Crippen molar-refractivity contribution in [2.75, 3.05) is 6.61 Å². The number of ether oxygens (including phenoxy) is 1. The molecule has 0 bridgehead atoms. The van der Waals surface area contributed by atoms with Gasteiger partial charge < -0.3 is 9.26 Å². The van der Waals surface area contributed by atoms with Crippen LogP contribution in [0.4, 0.5) is 13.2 Å². The predicted molar refractivity (Wildman–Crippen MR) is 102 cm³/mol. The number of hydrogen-bond donors (Lipinski definition) is 0. The monoisotopic (exact) mass is 419 g/mol. The fourth-order valence-electron chi connectivity index (χ4n) is 3.01. The Morgan fingerprint density at radius 3 is 2.43 bits per heavy atom. The number of carbonyl (C=O) groups excluding carboxylic acids is 1. The van der Waals surface area contributed by atoms with E-state index in [0.717, 1.165) is 16.8 Å². The molecular formula is C21H20F3N3O3. The highest BCUT2D eigenvalue weighted by atomic mass is 19.4. The largest absolute Gasteiger partial charge is 0.493 e. The Morgan fingerprint density at radius 1 is 1.13 bits per heavy atom. The van der Waals surface area contributed by atoms with E-state index in [0.29, 0.717) is 36.5 Å². The van der Waals surface area contributed by atoms with Crippen LogP contribution in [0.25, 0.3) is 11.4 Å². The van der Waals surface area contributed by atoms with Crippen molar-refractivity contribution in [3.05, 3.63) is 58.7 Å². The van der Waals surface area contributed by atoms with E-state index in [1.807, 2.05) is 6.07 Å². The van der Waals surface area contributed by atoms with Crippen molar-refractivity contribution in [1.29, 1.82) is 0 Å². The minimum absolute atomic E-state index is 0.0802. The van der Waals surface area contributed by atoms with Gasteiger partial charge in [0.15, 0.2) is 5.78 Å². The Kier molecular flexibility index (Phi) is 6.19. The molecule has 0 saturated carbocycles. The first-order valence-electron chi connectivity index (χ1n) is 9.27. The lowest BCUT2D eigenvalue weighted by Crippen LogP contribution is -2.05. The van der Waals surface area contributed by atoms with E-state index >= 15 is 0 Å². The summed E-state index contributed by atoms with van der Waals surface area (Å²) in [5.41, 5.74) is 3.17. The summed E-state index contributed by atoms with van der Waals surface area (Å²) in [5, 5.41) is 3.42. The molecular weight excluding hydrogens is 399 g/mol. The number of aromatic nitrogens is 3. The van der Waals surface area contributed by atoms with E-state index in [1.165, 1.54) is 6.92 Å². The quantitative estimate of drug-likeness (QED) is 0.397. The van der Waals surface area contributed by atoms with Crippen LogP contribution in [0, 0.1) is 13.8 Å². The van der Waals surface area contributed by atoms with Crippen LogP contribution in [-0.2, 0) is 12.6 Å². The molecule has 0 saturated heterocycles. The van der Waals surface area contributed by atoms with Gasteiger partial charge >= 0.3 is 12.1 Å². The zero-order chi connectivity index (χ0) is 21.9. The van der Waals surface area contributed by atoms with Gasteiger partial charge in [0, 0.05) is 18.2 Å². The standard InChI is InChI=1S/C21H20F3N3O3/c1-12-10-15(19-26-20(30-27-19)21(22,23)24)11-13(2)18(12)29-9-5-7-16-6-4-8-17(25-16)14(3)28/h4,6,8,10-11H,5,7,9H2,1-3H3. The van der Waals surface area contributed by atoms with E-state index in [2.05, 4.69) is 19.6 Å². The van der Waals surface area contributed by atoms with Crippen LogP contribution in [0.3, 0.4) is 0 Å². The minimum Gasteiger partial charge on any atom is -0.493 e. The van der Waals surface area contributed by atoms with Gasteiger partial charge in [-0.2, -0.15) is 18.2 Å². The first-order chi connectivity index (χ1) is 14.1. The van der Waals surface area contributed by atoms with Crippen LogP contribution in [0.2, 0.25) is 0 Å². The van der Waals surface area contributed by atoms with Crippen molar-refractivity contribution in [2.45, 2.75) is 39.8 Å². The van der Waals surface area contributed by atoms with Crippen LogP contribution >= 0.6 is 0 Å². The summed E-state index contributed by atoms with van der Waals surface area (Å²) in [6.45, 7) is 5.50. The van der Waals surface area contributed by atoms with Gasteiger partial charge in [0.2, 0.25) is 5.82 Å². The van der Waals surface area contributed by atoms with Crippen LogP contribution in [0.5, 0.6) is 5.75 Å². The molecule has 0 unspecified atom stereocenters. The van der Waals surface area contributed by atoms with Crippen LogP contribution in [0.1, 0.15) is 46.5 Å². The van der Waals surface area contributed by atoms with E-state index in [-0.39, 0.29) is 11.6 Å². The van der Waals surface area contributed by atoms with E-state index < -0.39 is 12.1 Å². The van der Waals surface area contributed by atoms with E-state index in [1.54, 1.807) is 38.1 Å². The lowest BCUT2D eigenvalue weighted by Gasteiger charge is -2.13. The highest BCUT2D eigenvalue weighted by molar-refractivity contribution is 5.92. The molecule has 1 aromatic carbocycles. The first kappa shape index (κ1) is 21.5. The van der Waals surface area contributed by atoms with Gasteiger partial charge in [0.1, 0.15) is 11.4 Å². The Balaban J connectivity index is 1.64. The molecule has 3 rings (SSSR count). The molecule has 3 aromatic rings. The topological polar surface area (TPSA) is 78.1 Å². The van der Waals surface area contributed by atoms with Gasteiger partial charge in [-0.25, -0.2) is 4.98 Å². The summed E-state index contributed by atoms with van der Waals surface area (Å²) in [6.07, 6.45) is -3.34. The van der Waals surface area contributed by atoms with Crippen molar-refractivity contribution in [3.63, 3.8) is 0 Å². The normalized spacial score (nSPS) is 11.5. The number of alkyl halides is 3. The number of carbonyl (C=O) groups is 1. The molecule has 0 amide bonds. The number of ketones is 1. The molecule has 2 aromatic heterocycles. The summed E-state index contributed by atoms with van der Waals surface area (Å²) in [4.78, 5) is 19.1. The van der Waals surface area contributed by atoms with Crippen molar-refractivity contribution < 1.29 is 27.2 Å². The van der Waals surface area contributed by atoms with Crippen LogP contribution in [-0.4, -0.2) is 27.5 Å². The molecule has 0 atom stereocenters. The van der Waals surface area contributed by atoms with Crippen molar-refractivity contribution in [3.8, 4) is 17.1 Å². The maximum Gasteiger partial charge on any atom is 0.471 e. The molecule has 0 aliphatic rings. The Bertz CT molecular complexity index is 1040. The highest BCUT2D eigenvalue weighted by Crippen LogP contribution is 2.32. The number of Topliss-reactive ketones (excluding diaryl/α,β-unsaturated/α-hetero) is 1. The van der Waals surface area contributed by atoms with Gasteiger partial charge in [0.25, 0.3) is 0 Å². The molecule has 30 heavy (non-hydrogen) atoms. The molecule has 0 radical (unpaired) electrons. The van der Waals surface area contributed by atoms with Crippen LogP contribution in [0.15, 0.2) is 34.9 Å². The maximum atomic E-state index is 12.7. The SMILES string of the molecule is CC(=O)c1cccc(CCCOc2c(C)cc(-c3noc(C(F)(F)F)n3)cc2C)n1. The third-order valence-corrected chi connectivity index (χ3v) is 4.38. The Hall–Kier alpha value is -3.23. The molecule has 0 N–H and O–H groups in total. The zero-order valence-corrected chi connectivity index (χ0v) is 16.7. The molecule has 6 nitrogen and oxygen atoms in total. The third-order valence-electron chi connectivity index (χ3n) is 4.38. The third kappa shape index (κ3) is 5.03. The summed E-state index contributed by atoms with van der Waals surface area (Å²) >= 11 is 0. The number of rotatable bonds is 7. The summed E-state index contributed by atoms with van der Waals surface area (Å²) in [5.74, 6) is -0.931. The number of benzene rings is 1. The molecule has 158 valence electrons. The first-order valence-corrected chi connectivity index (χ1v) is 9.27. The van der Waals surface area contributed by atoms with Gasteiger partial charge in [-0.15, -0.1) is 0 Å². The summed E-state index contributed by atoms with van der Waals surface area (Å²) in [7, 11) is 0. The number of hydrogen-bond acceptors (Lipinski definition) is 6. The molecule has 0 aliphatic heterocycles. The maximum absolute atomic E-state index is 12.7. The summed E-state index contributed by atoms with van der Waals surface area (Å²) < 4.78 is 48.2. The lowest BCUT2D eigenvalue weighted by molar-refractivity contribution is -0.159. The fourth-order valence-corrected chi connectivity index (χ4v) is 3.01. The molecule has 9 heteroatoms. The highest BCUT2D eigenvalue weighted by Gasteiger charge is 2.38. The Labute approximate surface area is 171 Å². The second kappa shape index (κ2) is 8.64. The smallest absolute Gasteiger partial charge is 0.471 e. The lowest BCUT2D eigenvalue weighted by atomic mass is 10.1. The number of halogens is 3. The number of pyridine rings is 1. The predicted octanol–water partition coefficient (Wildman–Crippen LogP) is 4.98. The zero-order valence-electron chi connectivity index (χ0n) is 16.7. The number of aryl methyl sites for hydroxylation is 3. The average Bonchev–Trinajstić information content (AvgIpc) is 3.17. The van der Waals surface area contributed by atoms with E-state index in [9.17, 15) is 18.0 Å². The Morgan fingerprint density at radius 2 is 1.83 bits per heavy atom. The molecule has 0 spiro atoms. The van der Waals surface area contributed by atoms with Crippen molar-refractivity contribution in [2.24, 2.45) is 0 Å². The molecule has 0 aliphatic carbocycles. The van der Waals surface area contributed by atoms with Gasteiger partial charge in [-0.3, -0.25) is 4.79 Å². The molecule has 2 heterocycles. The minimum atomic E-state index is -4.68. The van der Waals surface area contributed by atoms with Gasteiger partial charge in [-0.05, 0) is 62.1 Å². The summed E-state index contributed by atoms with van der Waals surface area (Å²) in [6, 6.07) is 8.65. The van der Waals surface area contributed by atoms with Crippen molar-refractivity contribution in [1.82, 2.24) is 15.1 Å². The van der Waals surface area contributed by atoms with E-state index in [4.69, 9.17) is 4.74 Å². The second-order valence-electron chi connectivity index (χ2n) is 6.88. The van der Waals surface area contributed by atoms with Crippen molar-refractivity contribution >= 4 is 5.78 Å². The second-order valence-corrected chi connectivity index (χ2v) is 6.88. The van der Waals surface area contributed by atoms with Crippen LogP contribution < -0.4 is 4.74 Å². The van der Waals surface area contributed by atoms with Gasteiger partial charge in [-0.1, -0.05) is 11.2 Å². The number of nitrogens with zero attached hydrogens (tertiary/aromatic N) is 3. The van der Waals surface area contributed by atoms with Gasteiger partial charge in [0.05, 0.1) is 6.61 Å². The average molecular weight is 419 g/mol. The molecule has 0 fully saturated rings. The fraction of sp³-hybridized carbons (Fsp3) is 0.333.